The van der Waals surface area contributed by atoms with Crippen LogP contribution in [0.5, 0.6) is 0 Å². The Morgan fingerprint density at radius 3 is 3.00 bits per heavy atom. The maximum Gasteiger partial charge on any atom is 0.257 e. The Bertz CT molecular complexity index is 1400. The van der Waals surface area contributed by atoms with Crippen LogP contribution in [-0.4, -0.2) is 40.1 Å². The molecule has 4 N–H and O–H groups in total. The van der Waals surface area contributed by atoms with Crippen molar-refractivity contribution in [1.29, 1.82) is 0 Å². The number of nitrogens with zero attached hydrogens (tertiary/aromatic N) is 4. The number of aromatic amines is 1. The highest BCUT2D eigenvalue weighted by molar-refractivity contribution is 6.11. The van der Waals surface area contributed by atoms with Crippen molar-refractivity contribution in [3.8, 4) is 0 Å². The van der Waals surface area contributed by atoms with Crippen LogP contribution in [0, 0.1) is 12.7 Å². The zero-order valence-electron chi connectivity index (χ0n) is 18.4. The monoisotopic (exact) mass is 445 g/mol. The lowest BCUT2D eigenvalue weighted by Crippen LogP contribution is -2.31. The van der Waals surface area contributed by atoms with Gasteiger partial charge >= 0.3 is 0 Å². The molecule has 8 nitrogen and oxygen atoms in total. The van der Waals surface area contributed by atoms with Gasteiger partial charge in [0.2, 0.25) is 0 Å². The van der Waals surface area contributed by atoms with Crippen molar-refractivity contribution in [1.82, 2.24) is 14.4 Å². The van der Waals surface area contributed by atoms with Gasteiger partial charge in [-0.15, -0.1) is 0 Å². The molecule has 3 aromatic heterocycles. The first-order chi connectivity index (χ1) is 15.9. The van der Waals surface area contributed by atoms with Crippen LogP contribution in [0.15, 0.2) is 47.8 Å². The molecule has 4 aromatic rings. The van der Waals surface area contributed by atoms with Gasteiger partial charge in [-0.1, -0.05) is 0 Å². The van der Waals surface area contributed by atoms with E-state index in [0.717, 1.165) is 25.2 Å². The van der Waals surface area contributed by atoms with Gasteiger partial charge in [0.1, 0.15) is 0 Å². The highest BCUT2D eigenvalue weighted by Gasteiger charge is 2.23. The van der Waals surface area contributed by atoms with Crippen molar-refractivity contribution in [3.63, 3.8) is 0 Å². The fourth-order valence-corrected chi connectivity index (χ4v) is 4.36. The van der Waals surface area contributed by atoms with Gasteiger partial charge in [0.05, 0.1) is 22.6 Å². The van der Waals surface area contributed by atoms with Gasteiger partial charge in [0, 0.05) is 74.4 Å². The number of pyridine rings is 1. The molecule has 1 amide bonds. The number of carbonyl (C=O) groups is 1. The molecule has 168 valence electrons. The van der Waals surface area contributed by atoms with Crippen LogP contribution in [0.1, 0.15) is 32.9 Å². The second-order valence-electron chi connectivity index (χ2n) is 8.14. The molecule has 0 unspecified atom stereocenters. The van der Waals surface area contributed by atoms with E-state index in [1.54, 1.807) is 43.0 Å². The largest absolute Gasteiger partial charge is 0.397 e. The Morgan fingerprint density at radius 2 is 2.18 bits per heavy atom. The van der Waals surface area contributed by atoms with E-state index in [4.69, 9.17) is 5.73 Å². The first kappa shape index (κ1) is 20.7. The Kier molecular flexibility index (Phi) is 5.08. The fourth-order valence-electron chi connectivity index (χ4n) is 4.36. The summed E-state index contributed by atoms with van der Waals surface area (Å²) in [4.78, 5) is 26.9. The van der Waals surface area contributed by atoms with Crippen LogP contribution in [-0.2, 0) is 13.0 Å². The summed E-state index contributed by atoms with van der Waals surface area (Å²) in [6.45, 7) is 3.35. The Balaban J connectivity index is 1.46. The Morgan fingerprint density at radius 1 is 1.33 bits per heavy atom. The zero-order valence-corrected chi connectivity index (χ0v) is 18.4. The fraction of sp³-hybridized carbons (Fsp3) is 0.208. The molecule has 0 saturated heterocycles. The molecule has 0 atom stereocenters. The number of H-pyrrole nitrogens is 1. The molecule has 0 fully saturated rings. The lowest BCUT2D eigenvalue weighted by Gasteiger charge is -2.31. The Hall–Kier alpha value is -4.14. The normalized spacial score (nSPS) is 13.6. The molecule has 1 aliphatic heterocycles. The van der Waals surface area contributed by atoms with E-state index < -0.39 is 11.7 Å². The minimum Gasteiger partial charge on any atom is -0.397 e. The number of halogens is 1. The van der Waals surface area contributed by atoms with Crippen LogP contribution < -0.4 is 16.0 Å². The van der Waals surface area contributed by atoms with E-state index in [1.807, 2.05) is 12.3 Å². The number of aryl methyl sites for hydroxylation is 1. The molecule has 0 radical (unpaired) electrons. The SMILES string of the molecule is CN=Cc1c(N2CCc3[nH]ccc3C2)ccc(C(=O)Nc2cc(F)c3nc(C)cn3c2)c1N. The number of hydrogen-bond donors (Lipinski definition) is 3. The summed E-state index contributed by atoms with van der Waals surface area (Å²) in [5.41, 5.74) is 12.4. The lowest BCUT2D eigenvalue weighted by atomic mass is 10.0. The van der Waals surface area contributed by atoms with Gasteiger partial charge < -0.3 is 25.3 Å². The summed E-state index contributed by atoms with van der Waals surface area (Å²) in [5.74, 6) is -0.941. The molecule has 0 aliphatic carbocycles. The summed E-state index contributed by atoms with van der Waals surface area (Å²) in [6.07, 6.45) is 7.84. The third-order valence-electron chi connectivity index (χ3n) is 5.91. The lowest BCUT2D eigenvalue weighted by molar-refractivity contribution is 0.102. The van der Waals surface area contributed by atoms with E-state index >= 15 is 0 Å². The molecule has 1 aromatic carbocycles. The summed E-state index contributed by atoms with van der Waals surface area (Å²) in [5, 5.41) is 2.75. The summed E-state index contributed by atoms with van der Waals surface area (Å²) in [6, 6.07) is 6.93. The quantitative estimate of drug-likeness (QED) is 0.330. The molecule has 9 heteroatoms. The predicted octanol–water partition coefficient (Wildman–Crippen LogP) is 3.56. The summed E-state index contributed by atoms with van der Waals surface area (Å²) in [7, 11) is 1.67. The van der Waals surface area contributed by atoms with Crippen molar-refractivity contribution in [3.05, 3.63) is 76.8 Å². The second-order valence-corrected chi connectivity index (χ2v) is 8.14. The maximum atomic E-state index is 14.4. The van der Waals surface area contributed by atoms with Gasteiger partial charge in [0.25, 0.3) is 5.91 Å². The van der Waals surface area contributed by atoms with E-state index in [2.05, 4.69) is 31.2 Å². The molecule has 1 aliphatic rings. The number of rotatable bonds is 4. The highest BCUT2D eigenvalue weighted by atomic mass is 19.1. The number of carbonyl (C=O) groups excluding carboxylic acids is 1. The number of aromatic nitrogens is 3. The molecule has 0 spiro atoms. The van der Waals surface area contributed by atoms with Crippen molar-refractivity contribution >= 4 is 34.8 Å². The molecule has 0 saturated carbocycles. The number of amides is 1. The minimum absolute atomic E-state index is 0.211. The number of benzene rings is 1. The number of fused-ring (bicyclic) bond motifs is 2. The number of hydrogen-bond acceptors (Lipinski definition) is 5. The topological polar surface area (TPSA) is 104 Å². The molecular weight excluding hydrogens is 421 g/mol. The van der Waals surface area contributed by atoms with E-state index in [1.165, 1.54) is 17.3 Å². The average molecular weight is 446 g/mol. The van der Waals surface area contributed by atoms with E-state index in [0.29, 0.717) is 28.2 Å². The van der Waals surface area contributed by atoms with Gasteiger partial charge in [0.15, 0.2) is 11.5 Å². The number of nitrogens with two attached hydrogens (primary N) is 1. The number of nitrogens with one attached hydrogen (secondary N) is 2. The van der Waals surface area contributed by atoms with Crippen LogP contribution in [0.2, 0.25) is 0 Å². The van der Waals surface area contributed by atoms with Gasteiger partial charge in [-0.3, -0.25) is 9.79 Å². The average Bonchev–Trinajstić information content (AvgIpc) is 3.40. The first-order valence-corrected chi connectivity index (χ1v) is 10.7. The Labute approximate surface area is 190 Å². The zero-order chi connectivity index (χ0) is 23.1. The smallest absolute Gasteiger partial charge is 0.257 e. The molecule has 4 heterocycles. The molecule has 5 rings (SSSR count). The van der Waals surface area contributed by atoms with Crippen LogP contribution >= 0.6 is 0 Å². The number of nitrogen functional groups attached to an aromatic ring is 1. The maximum absolute atomic E-state index is 14.4. The number of anilines is 3. The van der Waals surface area contributed by atoms with Crippen LogP contribution in [0.25, 0.3) is 5.65 Å². The number of aliphatic imine (C=N–C) groups is 1. The summed E-state index contributed by atoms with van der Waals surface area (Å²) < 4.78 is 16.0. The van der Waals surface area contributed by atoms with Crippen molar-refractivity contribution in [2.24, 2.45) is 4.99 Å². The van der Waals surface area contributed by atoms with Crippen LogP contribution in [0.4, 0.5) is 21.5 Å². The standard InChI is InChI=1S/C24H24FN7O/c1-14-11-32-13-16(9-19(25)23(32)29-14)30-24(33)17-3-4-21(18(10-27-2)22(17)26)31-8-6-20-15(12-31)5-7-28-20/h3-5,7,9-11,13,28H,6,8,12,26H2,1-2H3,(H,30,33). The van der Waals surface area contributed by atoms with Gasteiger partial charge in [-0.25, -0.2) is 9.37 Å². The molecular formula is C24H24FN7O. The van der Waals surface area contributed by atoms with E-state index in [-0.39, 0.29) is 5.65 Å². The van der Waals surface area contributed by atoms with Crippen molar-refractivity contribution in [2.75, 3.05) is 29.5 Å². The molecule has 33 heavy (non-hydrogen) atoms. The second kappa shape index (κ2) is 8.09. The summed E-state index contributed by atoms with van der Waals surface area (Å²) >= 11 is 0. The third kappa shape index (κ3) is 3.71. The molecule has 0 bridgehead atoms. The third-order valence-corrected chi connectivity index (χ3v) is 5.91. The van der Waals surface area contributed by atoms with Gasteiger partial charge in [-0.05, 0) is 30.7 Å². The van der Waals surface area contributed by atoms with Gasteiger partial charge in [-0.2, -0.15) is 0 Å². The van der Waals surface area contributed by atoms with E-state index in [9.17, 15) is 9.18 Å². The number of imidazole rings is 1. The predicted molar refractivity (Wildman–Crippen MR) is 128 cm³/mol. The van der Waals surface area contributed by atoms with Crippen LogP contribution in [0.3, 0.4) is 0 Å². The van der Waals surface area contributed by atoms with Crippen molar-refractivity contribution < 1.29 is 9.18 Å². The highest BCUT2D eigenvalue weighted by Crippen LogP contribution is 2.32. The minimum atomic E-state index is -0.516. The first-order valence-electron chi connectivity index (χ1n) is 10.7. The van der Waals surface area contributed by atoms with Crippen molar-refractivity contribution in [2.45, 2.75) is 19.9 Å².